The molecule has 0 fully saturated rings. The summed E-state index contributed by atoms with van der Waals surface area (Å²) in [5, 5.41) is 6.93. The van der Waals surface area contributed by atoms with E-state index in [4.69, 9.17) is 11.6 Å². The molecule has 24 heavy (non-hydrogen) atoms. The Labute approximate surface area is 148 Å². The SMILES string of the molecule is CCC(=O)Nc1cccc(NC(=O)c2sc3ccccc3c2Cl)c1. The number of fused-ring (bicyclic) bond motifs is 1. The molecule has 0 aliphatic carbocycles. The second-order valence-electron chi connectivity index (χ2n) is 5.18. The predicted octanol–water partition coefficient (Wildman–Crippen LogP) is 5.16. The van der Waals surface area contributed by atoms with E-state index in [1.54, 1.807) is 31.2 Å². The van der Waals surface area contributed by atoms with Crippen molar-refractivity contribution >= 4 is 56.2 Å². The summed E-state index contributed by atoms with van der Waals surface area (Å²) in [5.74, 6) is -0.341. The van der Waals surface area contributed by atoms with Crippen LogP contribution in [0.4, 0.5) is 11.4 Å². The molecule has 0 spiro atoms. The Kier molecular flexibility index (Phi) is 4.83. The number of thiophene rings is 1. The van der Waals surface area contributed by atoms with Gasteiger partial charge in [-0.05, 0) is 24.3 Å². The van der Waals surface area contributed by atoms with Crippen LogP contribution in [0.15, 0.2) is 48.5 Å². The van der Waals surface area contributed by atoms with Gasteiger partial charge in [-0.2, -0.15) is 0 Å². The van der Waals surface area contributed by atoms with Gasteiger partial charge in [0, 0.05) is 27.9 Å². The molecule has 6 heteroatoms. The van der Waals surface area contributed by atoms with Crippen molar-refractivity contribution in [3.05, 3.63) is 58.4 Å². The van der Waals surface area contributed by atoms with Crippen LogP contribution in [0, 0.1) is 0 Å². The number of rotatable bonds is 4. The smallest absolute Gasteiger partial charge is 0.267 e. The van der Waals surface area contributed by atoms with Crippen LogP contribution < -0.4 is 10.6 Å². The fourth-order valence-corrected chi connectivity index (χ4v) is 3.68. The summed E-state index contributed by atoms with van der Waals surface area (Å²) in [6.07, 6.45) is 0.397. The molecule has 0 aliphatic rings. The van der Waals surface area contributed by atoms with Crippen LogP contribution in [-0.4, -0.2) is 11.8 Å². The zero-order valence-corrected chi connectivity index (χ0v) is 14.5. The van der Waals surface area contributed by atoms with Crippen LogP contribution in [0.2, 0.25) is 5.02 Å². The van der Waals surface area contributed by atoms with Gasteiger partial charge in [0.1, 0.15) is 4.88 Å². The van der Waals surface area contributed by atoms with Crippen LogP contribution in [0.3, 0.4) is 0 Å². The van der Waals surface area contributed by atoms with Gasteiger partial charge >= 0.3 is 0 Å². The maximum atomic E-state index is 12.5. The number of halogens is 1. The van der Waals surface area contributed by atoms with Gasteiger partial charge < -0.3 is 10.6 Å². The third kappa shape index (κ3) is 3.42. The van der Waals surface area contributed by atoms with E-state index in [9.17, 15) is 9.59 Å². The van der Waals surface area contributed by atoms with E-state index in [0.717, 1.165) is 10.1 Å². The summed E-state index contributed by atoms with van der Waals surface area (Å²) in [5.41, 5.74) is 1.24. The second-order valence-corrected chi connectivity index (χ2v) is 6.61. The number of carbonyl (C=O) groups is 2. The lowest BCUT2D eigenvalue weighted by molar-refractivity contribution is -0.115. The molecule has 2 N–H and O–H groups in total. The van der Waals surface area contributed by atoms with Crippen molar-refractivity contribution in [2.75, 3.05) is 10.6 Å². The van der Waals surface area contributed by atoms with Crippen LogP contribution in [0.25, 0.3) is 10.1 Å². The standard InChI is InChI=1S/C18H15ClN2O2S/c1-2-15(22)20-11-6-5-7-12(10-11)21-18(23)17-16(19)13-8-3-4-9-14(13)24-17/h3-10H,2H2,1H3,(H,20,22)(H,21,23). The molecule has 0 saturated carbocycles. The van der Waals surface area contributed by atoms with Crippen molar-refractivity contribution in [3.63, 3.8) is 0 Å². The molecular formula is C18H15ClN2O2S. The summed E-state index contributed by atoms with van der Waals surface area (Å²) in [7, 11) is 0. The predicted molar refractivity (Wildman–Crippen MR) is 100 cm³/mol. The molecule has 0 unspecified atom stereocenters. The normalized spacial score (nSPS) is 10.6. The molecular weight excluding hydrogens is 344 g/mol. The number of hydrogen-bond acceptors (Lipinski definition) is 3. The Morgan fingerprint density at radius 1 is 1.04 bits per heavy atom. The fourth-order valence-electron chi connectivity index (χ4n) is 2.27. The lowest BCUT2D eigenvalue weighted by atomic mass is 10.2. The van der Waals surface area contributed by atoms with Gasteiger partial charge in [0.15, 0.2) is 0 Å². The van der Waals surface area contributed by atoms with Gasteiger partial charge in [0.05, 0.1) is 5.02 Å². The van der Waals surface area contributed by atoms with Gasteiger partial charge in [-0.15, -0.1) is 11.3 Å². The maximum Gasteiger partial charge on any atom is 0.267 e. The fraction of sp³-hybridized carbons (Fsp3) is 0.111. The highest BCUT2D eigenvalue weighted by atomic mass is 35.5. The number of carbonyl (C=O) groups excluding carboxylic acids is 2. The largest absolute Gasteiger partial charge is 0.326 e. The first-order valence-electron chi connectivity index (χ1n) is 7.46. The van der Waals surface area contributed by atoms with Crippen LogP contribution >= 0.6 is 22.9 Å². The van der Waals surface area contributed by atoms with Gasteiger partial charge in [-0.1, -0.05) is 42.8 Å². The number of nitrogens with one attached hydrogen (secondary N) is 2. The Morgan fingerprint density at radius 2 is 1.75 bits per heavy atom. The van der Waals surface area contributed by atoms with Crippen molar-refractivity contribution in [2.24, 2.45) is 0 Å². The number of anilines is 2. The molecule has 122 valence electrons. The highest BCUT2D eigenvalue weighted by molar-refractivity contribution is 7.21. The minimum Gasteiger partial charge on any atom is -0.326 e. The van der Waals surface area contributed by atoms with Crippen LogP contribution in [-0.2, 0) is 4.79 Å². The molecule has 0 bridgehead atoms. The Hall–Kier alpha value is -2.37. The summed E-state index contributed by atoms with van der Waals surface area (Å²) in [6.45, 7) is 1.78. The third-order valence-corrected chi connectivity index (χ3v) is 5.14. The van der Waals surface area contributed by atoms with E-state index < -0.39 is 0 Å². The average molecular weight is 359 g/mol. The number of benzene rings is 2. The molecule has 1 aromatic heterocycles. The second kappa shape index (κ2) is 7.03. The summed E-state index contributed by atoms with van der Waals surface area (Å²) in [4.78, 5) is 24.5. The highest BCUT2D eigenvalue weighted by Gasteiger charge is 2.17. The molecule has 1 heterocycles. The molecule has 2 aromatic carbocycles. The van der Waals surface area contributed by atoms with Crippen molar-refractivity contribution in [2.45, 2.75) is 13.3 Å². The quantitative estimate of drug-likeness (QED) is 0.677. The lowest BCUT2D eigenvalue weighted by Crippen LogP contribution is -2.12. The Balaban J connectivity index is 1.82. The molecule has 0 saturated heterocycles. The van der Waals surface area contributed by atoms with E-state index in [-0.39, 0.29) is 11.8 Å². The van der Waals surface area contributed by atoms with Crippen LogP contribution in [0.1, 0.15) is 23.0 Å². The molecule has 3 rings (SSSR count). The van der Waals surface area contributed by atoms with Crippen molar-refractivity contribution in [1.29, 1.82) is 0 Å². The zero-order chi connectivity index (χ0) is 17.1. The lowest BCUT2D eigenvalue weighted by Gasteiger charge is -2.08. The average Bonchev–Trinajstić information content (AvgIpc) is 2.92. The van der Waals surface area contributed by atoms with E-state index >= 15 is 0 Å². The molecule has 0 aliphatic heterocycles. The van der Waals surface area contributed by atoms with Crippen LogP contribution in [0.5, 0.6) is 0 Å². The first kappa shape index (κ1) is 16.5. The first-order chi connectivity index (χ1) is 11.6. The monoisotopic (exact) mass is 358 g/mol. The van der Waals surface area contributed by atoms with Gasteiger partial charge in [-0.3, -0.25) is 9.59 Å². The Morgan fingerprint density at radius 3 is 2.46 bits per heavy atom. The van der Waals surface area contributed by atoms with Gasteiger partial charge in [0.25, 0.3) is 5.91 Å². The Bertz CT molecular complexity index is 920. The summed E-state index contributed by atoms with van der Waals surface area (Å²) >= 11 is 7.69. The molecule has 4 nitrogen and oxygen atoms in total. The highest BCUT2D eigenvalue weighted by Crippen LogP contribution is 2.35. The summed E-state index contributed by atoms with van der Waals surface area (Å²) in [6, 6.07) is 14.7. The third-order valence-electron chi connectivity index (χ3n) is 3.47. The van der Waals surface area contributed by atoms with Gasteiger partial charge in [0.2, 0.25) is 5.91 Å². The van der Waals surface area contributed by atoms with E-state index in [1.807, 2.05) is 24.3 Å². The van der Waals surface area contributed by atoms with Crippen molar-refractivity contribution in [1.82, 2.24) is 0 Å². The van der Waals surface area contributed by atoms with E-state index in [2.05, 4.69) is 10.6 Å². The van der Waals surface area contributed by atoms with Crippen molar-refractivity contribution < 1.29 is 9.59 Å². The summed E-state index contributed by atoms with van der Waals surface area (Å²) < 4.78 is 0.969. The molecule has 2 amide bonds. The molecule has 3 aromatic rings. The topological polar surface area (TPSA) is 58.2 Å². The minimum atomic E-state index is -0.264. The zero-order valence-electron chi connectivity index (χ0n) is 12.9. The number of hydrogen-bond donors (Lipinski definition) is 2. The molecule has 0 radical (unpaired) electrons. The number of amides is 2. The maximum absolute atomic E-state index is 12.5. The van der Waals surface area contributed by atoms with E-state index in [1.165, 1.54) is 11.3 Å². The van der Waals surface area contributed by atoms with E-state index in [0.29, 0.717) is 27.7 Å². The van der Waals surface area contributed by atoms with Crippen molar-refractivity contribution in [3.8, 4) is 0 Å². The first-order valence-corrected chi connectivity index (χ1v) is 8.66. The minimum absolute atomic E-state index is 0.0778. The molecule has 0 atom stereocenters. The van der Waals surface area contributed by atoms with Gasteiger partial charge in [-0.25, -0.2) is 0 Å².